The summed E-state index contributed by atoms with van der Waals surface area (Å²) in [6, 6.07) is 24.4. The maximum Gasteiger partial charge on any atom is 0.306 e. The number of aliphatic hydroxyl groups excluding tert-OH is 1. The highest BCUT2D eigenvalue weighted by Crippen LogP contribution is 2.32. The Morgan fingerprint density at radius 1 is 0.786 bits per heavy atom. The topological polar surface area (TPSA) is 76.0 Å². The third kappa shape index (κ3) is 5.59. The van der Waals surface area contributed by atoms with E-state index >= 15 is 0 Å². The normalized spacial score (nSPS) is 11.6. The fraction of sp³-hybridized carbons (Fsp3) is 0.174. The van der Waals surface area contributed by atoms with Crippen molar-refractivity contribution in [2.45, 2.75) is 25.7 Å². The molecule has 0 bridgehead atoms. The fourth-order valence-electron chi connectivity index (χ4n) is 2.72. The van der Waals surface area contributed by atoms with Crippen LogP contribution in [0.5, 0.6) is 11.5 Å². The van der Waals surface area contributed by atoms with Crippen LogP contribution in [-0.4, -0.2) is 16.2 Å². The van der Waals surface area contributed by atoms with Crippen LogP contribution < -0.4 is 9.47 Å². The first-order valence-corrected chi connectivity index (χ1v) is 8.99. The lowest BCUT2D eigenvalue weighted by Gasteiger charge is -2.16. The summed E-state index contributed by atoms with van der Waals surface area (Å²) in [6.45, 7) is 0.709. The Labute approximate surface area is 163 Å². The molecule has 2 N–H and O–H groups in total. The van der Waals surface area contributed by atoms with E-state index < -0.39 is 12.1 Å². The molecule has 0 aliphatic rings. The molecule has 1 unspecified atom stereocenters. The van der Waals surface area contributed by atoms with Gasteiger partial charge in [0.1, 0.15) is 13.2 Å². The molecule has 0 fully saturated rings. The number of carboxylic acid groups (broad SMARTS) is 1. The highest BCUT2D eigenvalue weighted by molar-refractivity contribution is 5.67. The van der Waals surface area contributed by atoms with Gasteiger partial charge < -0.3 is 19.7 Å². The van der Waals surface area contributed by atoms with Gasteiger partial charge in [-0.05, 0) is 28.8 Å². The first kappa shape index (κ1) is 19.5. The Morgan fingerprint density at radius 3 is 1.86 bits per heavy atom. The lowest BCUT2D eigenvalue weighted by atomic mass is 10.1. The summed E-state index contributed by atoms with van der Waals surface area (Å²) in [5, 5.41) is 19.0. The van der Waals surface area contributed by atoms with Gasteiger partial charge in [-0.2, -0.15) is 0 Å². The van der Waals surface area contributed by atoms with Crippen molar-refractivity contribution in [2.75, 3.05) is 0 Å². The Morgan fingerprint density at radius 2 is 1.32 bits per heavy atom. The zero-order valence-corrected chi connectivity index (χ0v) is 15.3. The number of carbonyl (C=O) groups is 1. The van der Waals surface area contributed by atoms with Crippen molar-refractivity contribution in [3.8, 4) is 11.5 Å². The maximum absolute atomic E-state index is 10.9. The molecule has 0 aromatic heterocycles. The number of aliphatic carboxylic acids is 1. The number of rotatable bonds is 9. The van der Waals surface area contributed by atoms with Crippen LogP contribution in [0.25, 0.3) is 0 Å². The van der Waals surface area contributed by atoms with Gasteiger partial charge in [-0.15, -0.1) is 0 Å². The van der Waals surface area contributed by atoms with E-state index in [4.69, 9.17) is 14.6 Å². The largest absolute Gasteiger partial charge is 0.485 e. The first-order valence-electron chi connectivity index (χ1n) is 8.99. The van der Waals surface area contributed by atoms with E-state index in [2.05, 4.69) is 0 Å². The van der Waals surface area contributed by atoms with Gasteiger partial charge in [0.15, 0.2) is 11.5 Å². The number of hydrogen-bond acceptors (Lipinski definition) is 4. The Kier molecular flexibility index (Phi) is 6.65. The average Bonchev–Trinajstić information content (AvgIpc) is 2.72. The molecule has 0 heterocycles. The van der Waals surface area contributed by atoms with Crippen molar-refractivity contribution in [2.24, 2.45) is 0 Å². The minimum Gasteiger partial charge on any atom is -0.485 e. The highest BCUT2D eigenvalue weighted by Gasteiger charge is 2.16. The SMILES string of the molecule is O=C(O)CC(O)c1ccc(OCc2ccccc2)c(OCc2ccccc2)c1. The van der Waals surface area contributed by atoms with E-state index in [1.165, 1.54) is 0 Å². The zero-order valence-electron chi connectivity index (χ0n) is 15.3. The monoisotopic (exact) mass is 378 g/mol. The summed E-state index contributed by atoms with van der Waals surface area (Å²) in [4.78, 5) is 10.9. The second-order valence-corrected chi connectivity index (χ2v) is 6.37. The quantitative estimate of drug-likeness (QED) is 0.579. The van der Waals surface area contributed by atoms with Crippen LogP contribution in [0.4, 0.5) is 0 Å². The molecule has 1 atom stereocenters. The number of ether oxygens (including phenoxy) is 2. The van der Waals surface area contributed by atoms with E-state index in [1.54, 1.807) is 18.2 Å². The summed E-state index contributed by atoms with van der Waals surface area (Å²) in [5.41, 5.74) is 2.48. The summed E-state index contributed by atoms with van der Waals surface area (Å²) in [7, 11) is 0. The van der Waals surface area contributed by atoms with Gasteiger partial charge in [0, 0.05) is 0 Å². The molecule has 5 heteroatoms. The smallest absolute Gasteiger partial charge is 0.306 e. The molecule has 0 amide bonds. The fourth-order valence-corrected chi connectivity index (χ4v) is 2.72. The van der Waals surface area contributed by atoms with Crippen molar-refractivity contribution >= 4 is 5.97 Å². The molecule has 0 aliphatic carbocycles. The van der Waals surface area contributed by atoms with Crippen molar-refractivity contribution in [3.05, 3.63) is 95.6 Å². The molecule has 3 rings (SSSR count). The van der Waals surface area contributed by atoms with E-state index in [0.717, 1.165) is 11.1 Å². The van der Waals surface area contributed by atoms with Gasteiger partial charge >= 0.3 is 5.97 Å². The van der Waals surface area contributed by atoms with Crippen molar-refractivity contribution < 1.29 is 24.5 Å². The van der Waals surface area contributed by atoms with Crippen LogP contribution in [-0.2, 0) is 18.0 Å². The second kappa shape index (κ2) is 9.58. The summed E-state index contributed by atoms with van der Waals surface area (Å²) < 4.78 is 11.8. The lowest BCUT2D eigenvalue weighted by Crippen LogP contribution is -2.07. The van der Waals surface area contributed by atoms with Gasteiger partial charge in [-0.3, -0.25) is 4.79 Å². The third-order valence-electron chi connectivity index (χ3n) is 4.19. The summed E-state index contributed by atoms with van der Waals surface area (Å²) >= 11 is 0. The van der Waals surface area contributed by atoms with Gasteiger partial charge in [0.05, 0.1) is 12.5 Å². The highest BCUT2D eigenvalue weighted by atomic mass is 16.5. The third-order valence-corrected chi connectivity index (χ3v) is 4.19. The predicted octanol–water partition coefficient (Wildman–Crippen LogP) is 4.35. The second-order valence-electron chi connectivity index (χ2n) is 6.37. The van der Waals surface area contributed by atoms with E-state index in [9.17, 15) is 9.90 Å². The standard InChI is InChI=1S/C23H22O5/c24-20(14-23(25)26)19-11-12-21(27-15-17-7-3-1-4-8-17)22(13-19)28-16-18-9-5-2-6-10-18/h1-13,20,24H,14-16H2,(H,25,26). The molecule has 0 aliphatic heterocycles. The van der Waals surface area contributed by atoms with Gasteiger partial charge in [0.2, 0.25) is 0 Å². The van der Waals surface area contributed by atoms with Crippen LogP contribution >= 0.6 is 0 Å². The number of hydrogen-bond donors (Lipinski definition) is 2. The molecule has 3 aromatic carbocycles. The van der Waals surface area contributed by atoms with Crippen molar-refractivity contribution in [1.82, 2.24) is 0 Å². The average molecular weight is 378 g/mol. The molecule has 3 aromatic rings. The maximum atomic E-state index is 10.9. The Bertz CT molecular complexity index is 893. The molecule has 0 saturated carbocycles. The van der Waals surface area contributed by atoms with Crippen molar-refractivity contribution in [1.29, 1.82) is 0 Å². The van der Waals surface area contributed by atoms with Crippen LogP contribution in [0.1, 0.15) is 29.2 Å². The zero-order chi connectivity index (χ0) is 19.8. The van der Waals surface area contributed by atoms with Gasteiger partial charge in [-0.1, -0.05) is 66.7 Å². The Hall–Kier alpha value is -3.31. The number of aliphatic hydroxyl groups is 1. The lowest BCUT2D eigenvalue weighted by molar-refractivity contribution is -0.139. The first-order chi connectivity index (χ1) is 13.6. The van der Waals surface area contributed by atoms with Gasteiger partial charge in [-0.25, -0.2) is 0 Å². The molecule has 5 nitrogen and oxygen atoms in total. The summed E-state index contributed by atoms with van der Waals surface area (Å²) in [6.07, 6.45) is -1.48. The predicted molar refractivity (Wildman–Crippen MR) is 105 cm³/mol. The molecule has 28 heavy (non-hydrogen) atoms. The van der Waals surface area contributed by atoms with Crippen molar-refractivity contribution in [3.63, 3.8) is 0 Å². The minimum atomic E-state index is -1.11. The number of carboxylic acids is 1. The molecule has 0 radical (unpaired) electrons. The molecule has 144 valence electrons. The van der Waals surface area contributed by atoms with Crippen LogP contribution in [0.15, 0.2) is 78.9 Å². The molecule has 0 saturated heterocycles. The summed E-state index contributed by atoms with van der Waals surface area (Å²) in [5.74, 6) is -0.0727. The van der Waals surface area contributed by atoms with Gasteiger partial charge in [0.25, 0.3) is 0 Å². The van der Waals surface area contributed by atoms with Crippen LogP contribution in [0, 0.1) is 0 Å². The van der Waals surface area contributed by atoms with E-state index in [-0.39, 0.29) is 6.42 Å². The molecular weight excluding hydrogens is 356 g/mol. The molecule has 0 spiro atoms. The van der Waals surface area contributed by atoms with E-state index in [0.29, 0.717) is 30.3 Å². The number of benzene rings is 3. The Balaban J connectivity index is 1.78. The minimum absolute atomic E-state index is 0.334. The van der Waals surface area contributed by atoms with E-state index in [1.807, 2.05) is 60.7 Å². The van der Waals surface area contributed by atoms with Crippen LogP contribution in [0.2, 0.25) is 0 Å². The van der Waals surface area contributed by atoms with Crippen LogP contribution in [0.3, 0.4) is 0 Å². The molecular formula is C23H22O5.